The third-order valence-corrected chi connectivity index (χ3v) is 3.74. The van der Waals surface area contributed by atoms with Crippen molar-refractivity contribution in [1.29, 1.82) is 0 Å². The van der Waals surface area contributed by atoms with Crippen LogP contribution in [-0.4, -0.2) is 42.2 Å². The number of carbonyl (C=O) groups excluding carboxylic acids is 1. The van der Waals surface area contributed by atoms with Crippen LogP contribution in [0.3, 0.4) is 0 Å². The molecule has 0 radical (unpaired) electrons. The first-order valence-corrected chi connectivity index (χ1v) is 7.03. The van der Waals surface area contributed by atoms with Gasteiger partial charge in [0.05, 0.1) is 13.2 Å². The van der Waals surface area contributed by atoms with Crippen LogP contribution in [0.25, 0.3) is 0 Å². The fourth-order valence-electron chi connectivity index (χ4n) is 2.82. The summed E-state index contributed by atoms with van der Waals surface area (Å²) in [6.07, 6.45) is 1.04. The summed E-state index contributed by atoms with van der Waals surface area (Å²) in [5.41, 5.74) is 0.571. The van der Waals surface area contributed by atoms with Crippen LogP contribution in [-0.2, 0) is 0 Å². The summed E-state index contributed by atoms with van der Waals surface area (Å²) < 4.78 is 5.16. The Morgan fingerprint density at radius 2 is 2.20 bits per heavy atom. The van der Waals surface area contributed by atoms with Gasteiger partial charge in [-0.25, -0.2) is 0 Å². The fourth-order valence-corrected chi connectivity index (χ4v) is 2.82. The molecule has 0 aliphatic carbocycles. The molecule has 110 valence electrons. The third kappa shape index (κ3) is 3.51. The van der Waals surface area contributed by atoms with E-state index in [0.29, 0.717) is 30.8 Å². The summed E-state index contributed by atoms with van der Waals surface area (Å²) in [5.74, 6) is 0.691. The number of nitrogens with zero attached hydrogens (tertiary/aromatic N) is 1. The van der Waals surface area contributed by atoms with E-state index in [-0.39, 0.29) is 17.4 Å². The van der Waals surface area contributed by atoms with E-state index in [1.807, 2.05) is 17.0 Å². The van der Waals surface area contributed by atoms with Crippen LogP contribution in [0.5, 0.6) is 5.75 Å². The highest BCUT2D eigenvalue weighted by molar-refractivity contribution is 5.94. The average molecular weight is 277 g/mol. The molecule has 1 aromatic carbocycles. The molecule has 2 rings (SSSR count). The zero-order valence-electron chi connectivity index (χ0n) is 12.4. The molecule has 1 aliphatic heterocycles. The highest BCUT2D eigenvalue weighted by atomic mass is 16.5. The van der Waals surface area contributed by atoms with Crippen molar-refractivity contribution < 1.29 is 14.6 Å². The van der Waals surface area contributed by atoms with Crippen molar-refractivity contribution in [3.63, 3.8) is 0 Å². The normalized spacial score (nSPS) is 22.2. The molecular weight excluding hydrogens is 254 g/mol. The molecule has 0 saturated carbocycles. The number of amides is 1. The lowest BCUT2D eigenvalue weighted by molar-refractivity contribution is 0.0704. The second kappa shape index (κ2) is 5.83. The largest absolute Gasteiger partial charge is 0.497 e. The topological polar surface area (TPSA) is 49.8 Å². The third-order valence-electron chi connectivity index (χ3n) is 3.74. The lowest BCUT2D eigenvalue weighted by atomic mass is 9.87. The van der Waals surface area contributed by atoms with E-state index in [9.17, 15) is 9.90 Å². The van der Waals surface area contributed by atoms with E-state index in [2.05, 4.69) is 13.8 Å². The Bertz CT molecular complexity index is 484. The molecule has 1 atom stereocenters. The first kappa shape index (κ1) is 14.9. The summed E-state index contributed by atoms with van der Waals surface area (Å²) in [6.45, 7) is 5.45. The van der Waals surface area contributed by atoms with Gasteiger partial charge < -0.3 is 14.7 Å². The van der Waals surface area contributed by atoms with Crippen LogP contribution >= 0.6 is 0 Å². The maximum atomic E-state index is 12.6. The summed E-state index contributed by atoms with van der Waals surface area (Å²) in [4.78, 5) is 14.4. The lowest BCUT2D eigenvalue weighted by Gasteiger charge is -2.29. The Hall–Kier alpha value is -1.55. The lowest BCUT2D eigenvalue weighted by Crippen LogP contribution is -2.37. The maximum Gasteiger partial charge on any atom is 0.254 e. The van der Waals surface area contributed by atoms with Gasteiger partial charge in [0.15, 0.2) is 0 Å². The number of carbonyl (C=O) groups is 1. The van der Waals surface area contributed by atoms with Gasteiger partial charge >= 0.3 is 0 Å². The van der Waals surface area contributed by atoms with Crippen LogP contribution in [0.1, 0.15) is 37.0 Å². The van der Waals surface area contributed by atoms with Gasteiger partial charge in [0.2, 0.25) is 0 Å². The Morgan fingerprint density at radius 3 is 2.90 bits per heavy atom. The molecular formula is C16H23NO3. The Kier molecular flexibility index (Phi) is 4.33. The predicted molar refractivity (Wildman–Crippen MR) is 77.9 cm³/mol. The molecule has 0 spiro atoms. The van der Waals surface area contributed by atoms with Crippen molar-refractivity contribution in [3.8, 4) is 5.75 Å². The van der Waals surface area contributed by atoms with Crippen LogP contribution in [0, 0.1) is 5.41 Å². The monoisotopic (exact) mass is 277 g/mol. The first-order valence-electron chi connectivity index (χ1n) is 7.03. The van der Waals surface area contributed by atoms with E-state index in [1.165, 1.54) is 0 Å². The number of ether oxygens (including phenoxy) is 1. The molecule has 4 nitrogen and oxygen atoms in total. The molecule has 4 heteroatoms. The van der Waals surface area contributed by atoms with Crippen molar-refractivity contribution in [2.75, 3.05) is 20.2 Å². The van der Waals surface area contributed by atoms with Crippen molar-refractivity contribution in [2.24, 2.45) is 5.41 Å². The second-order valence-corrected chi connectivity index (χ2v) is 6.27. The Morgan fingerprint density at radius 1 is 1.45 bits per heavy atom. The Labute approximate surface area is 120 Å². The summed E-state index contributed by atoms with van der Waals surface area (Å²) in [7, 11) is 1.59. The highest BCUT2D eigenvalue weighted by Crippen LogP contribution is 2.29. The predicted octanol–water partition coefficient (Wildman–Crippen LogP) is 2.32. The van der Waals surface area contributed by atoms with Gasteiger partial charge in [-0.3, -0.25) is 4.79 Å². The summed E-state index contributed by atoms with van der Waals surface area (Å²) in [5, 5.41) is 9.92. The number of methoxy groups -OCH3 is 1. The van der Waals surface area contributed by atoms with Crippen LogP contribution in [0.4, 0.5) is 0 Å². The van der Waals surface area contributed by atoms with E-state index in [4.69, 9.17) is 4.74 Å². The maximum absolute atomic E-state index is 12.6. The number of aliphatic hydroxyl groups excluding tert-OH is 1. The first-order chi connectivity index (χ1) is 9.41. The minimum absolute atomic E-state index is 0.00563. The van der Waals surface area contributed by atoms with E-state index >= 15 is 0 Å². The summed E-state index contributed by atoms with van der Waals surface area (Å²) in [6, 6.07) is 7.21. The number of aliphatic hydroxyl groups is 1. The number of rotatable bonds is 2. The molecule has 1 amide bonds. The molecule has 0 unspecified atom stereocenters. The van der Waals surface area contributed by atoms with E-state index in [0.717, 1.165) is 6.42 Å². The molecule has 1 fully saturated rings. The van der Waals surface area contributed by atoms with E-state index in [1.54, 1.807) is 19.2 Å². The zero-order chi connectivity index (χ0) is 14.8. The van der Waals surface area contributed by atoms with Crippen molar-refractivity contribution in [1.82, 2.24) is 4.90 Å². The summed E-state index contributed by atoms with van der Waals surface area (Å²) >= 11 is 0. The number of hydrogen-bond acceptors (Lipinski definition) is 3. The minimum atomic E-state index is -0.326. The molecule has 1 aromatic rings. The molecule has 0 bridgehead atoms. The van der Waals surface area contributed by atoms with Crippen LogP contribution in [0.2, 0.25) is 0 Å². The molecule has 0 aromatic heterocycles. The van der Waals surface area contributed by atoms with Crippen LogP contribution in [0.15, 0.2) is 24.3 Å². The number of likely N-dealkylation sites (tertiary alicyclic amines) is 1. The van der Waals surface area contributed by atoms with Gasteiger partial charge in [0.25, 0.3) is 5.91 Å². The van der Waals surface area contributed by atoms with Gasteiger partial charge in [-0.05, 0) is 36.5 Å². The van der Waals surface area contributed by atoms with Gasteiger partial charge in [0, 0.05) is 18.7 Å². The molecule has 1 saturated heterocycles. The Balaban J connectivity index is 2.18. The van der Waals surface area contributed by atoms with Crippen LogP contribution < -0.4 is 4.74 Å². The van der Waals surface area contributed by atoms with E-state index < -0.39 is 0 Å². The van der Waals surface area contributed by atoms with Gasteiger partial charge in [-0.15, -0.1) is 0 Å². The number of hydrogen-bond donors (Lipinski definition) is 1. The van der Waals surface area contributed by atoms with Gasteiger partial charge in [-0.2, -0.15) is 0 Å². The second-order valence-electron chi connectivity index (χ2n) is 6.27. The molecule has 1 heterocycles. The average Bonchev–Trinajstić information content (AvgIpc) is 2.55. The van der Waals surface area contributed by atoms with Crippen molar-refractivity contribution in [3.05, 3.63) is 29.8 Å². The fraction of sp³-hybridized carbons (Fsp3) is 0.562. The van der Waals surface area contributed by atoms with Gasteiger partial charge in [0.1, 0.15) is 5.75 Å². The molecule has 1 aliphatic rings. The van der Waals surface area contributed by atoms with Crippen molar-refractivity contribution in [2.45, 2.75) is 32.8 Å². The standard InChI is InChI=1S/C16H23NO3/c1-16(2)10-13(18)7-8-17(11-16)15(19)12-5-4-6-14(9-12)20-3/h4-6,9,13,18H,7-8,10-11H2,1-3H3/t13-/m0/s1. The van der Waals surface area contributed by atoms with Gasteiger partial charge in [-0.1, -0.05) is 19.9 Å². The quantitative estimate of drug-likeness (QED) is 0.902. The SMILES string of the molecule is COc1cccc(C(=O)N2CC[C@H](O)CC(C)(C)C2)c1. The highest BCUT2D eigenvalue weighted by Gasteiger charge is 2.31. The molecule has 20 heavy (non-hydrogen) atoms. The van der Waals surface area contributed by atoms with Crippen molar-refractivity contribution >= 4 is 5.91 Å². The zero-order valence-corrected chi connectivity index (χ0v) is 12.4. The number of benzene rings is 1. The minimum Gasteiger partial charge on any atom is -0.497 e. The smallest absolute Gasteiger partial charge is 0.254 e. The molecule has 1 N–H and O–H groups in total.